The van der Waals surface area contributed by atoms with Crippen LogP contribution in [0.4, 0.5) is 4.79 Å². The molecule has 1 amide bonds. The lowest BCUT2D eigenvalue weighted by atomic mass is 10.1. The van der Waals surface area contributed by atoms with Gasteiger partial charge in [0.1, 0.15) is 6.10 Å². The zero-order valence-corrected chi connectivity index (χ0v) is 9.32. The third kappa shape index (κ3) is 3.11. The summed E-state index contributed by atoms with van der Waals surface area (Å²) in [5, 5.41) is 9.02. The Labute approximate surface area is 89.0 Å². The molecule has 0 unspecified atom stereocenters. The maximum atomic E-state index is 11.0. The lowest BCUT2D eigenvalue weighted by Gasteiger charge is -2.34. The molecule has 1 heterocycles. The summed E-state index contributed by atoms with van der Waals surface area (Å²) >= 11 is 0. The summed E-state index contributed by atoms with van der Waals surface area (Å²) in [6.45, 7) is 5.71. The Balaban J connectivity index is 2.60. The predicted octanol–water partition coefficient (Wildman–Crippen LogP) is 1.47. The van der Waals surface area contributed by atoms with Gasteiger partial charge in [0.05, 0.1) is 6.54 Å². The van der Waals surface area contributed by atoms with Gasteiger partial charge in [0.15, 0.2) is 0 Å². The highest BCUT2D eigenvalue weighted by Gasteiger charge is 2.32. The molecule has 1 N–H and O–H groups in total. The quantitative estimate of drug-likeness (QED) is 0.708. The molecule has 0 saturated carbocycles. The van der Waals surface area contributed by atoms with Crippen molar-refractivity contribution in [2.24, 2.45) is 0 Å². The summed E-state index contributed by atoms with van der Waals surface area (Å²) in [6, 6.07) is 0. The van der Waals surface area contributed by atoms with Gasteiger partial charge in [0.2, 0.25) is 0 Å². The Morgan fingerprint density at radius 3 is 2.53 bits per heavy atom. The lowest BCUT2D eigenvalue weighted by Crippen LogP contribution is -2.48. The van der Waals surface area contributed by atoms with E-state index in [2.05, 4.69) is 0 Å². The minimum Gasteiger partial charge on any atom is -0.465 e. The number of carboxylic acid groups (broad SMARTS) is 1. The van der Waals surface area contributed by atoms with Crippen LogP contribution < -0.4 is 0 Å². The van der Waals surface area contributed by atoms with Crippen molar-refractivity contribution in [2.75, 3.05) is 6.54 Å². The third-order valence-electron chi connectivity index (χ3n) is 2.40. The number of hydrogen-bond acceptors (Lipinski definition) is 3. The van der Waals surface area contributed by atoms with Crippen LogP contribution in [0.5, 0.6) is 0 Å². The molecule has 1 fully saturated rings. The predicted molar refractivity (Wildman–Crippen MR) is 53.6 cm³/mol. The normalized spacial score (nSPS) is 21.3. The average molecular weight is 215 g/mol. The first kappa shape index (κ1) is 11.8. The van der Waals surface area contributed by atoms with Crippen LogP contribution in [0.15, 0.2) is 0 Å². The third-order valence-corrected chi connectivity index (χ3v) is 2.40. The van der Waals surface area contributed by atoms with E-state index in [-0.39, 0.29) is 18.6 Å². The van der Waals surface area contributed by atoms with Crippen LogP contribution in [0.25, 0.3) is 0 Å². The number of nitrogens with zero attached hydrogens (tertiary/aromatic N) is 1. The minimum absolute atomic E-state index is 0.237. The molecule has 0 aliphatic carbocycles. The maximum Gasteiger partial charge on any atom is 0.407 e. The molecule has 1 rings (SSSR count). The average Bonchev–Trinajstić information content (AvgIpc) is 2.44. The lowest BCUT2D eigenvalue weighted by molar-refractivity contribution is -0.142. The number of carbonyl (C=O) groups is 2. The van der Waals surface area contributed by atoms with Gasteiger partial charge in [0, 0.05) is 12.0 Å². The maximum absolute atomic E-state index is 11.0. The van der Waals surface area contributed by atoms with Gasteiger partial charge in [-0.15, -0.1) is 0 Å². The number of rotatable bonds is 2. The summed E-state index contributed by atoms with van der Waals surface area (Å²) in [4.78, 5) is 23.2. The van der Waals surface area contributed by atoms with Crippen molar-refractivity contribution >= 4 is 12.1 Å². The van der Waals surface area contributed by atoms with Gasteiger partial charge in [-0.2, -0.15) is 0 Å². The highest BCUT2D eigenvalue weighted by atomic mass is 16.5. The van der Waals surface area contributed by atoms with Crippen LogP contribution in [0.3, 0.4) is 0 Å². The second kappa shape index (κ2) is 4.08. The van der Waals surface area contributed by atoms with Gasteiger partial charge in [0.25, 0.3) is 0 Å². The molecule has 0 aromatic carbocycles. The molecule has 1 atom stereocenters. The van der Waals surface area contributed by atoms with Gasteiger partial charge in [-0.25, -0.2) is 4.79 Å². The van der Waals surface area contributed by atoms with Crippen LogP contribution in [-0.2, 0) is 9.53 Å². The molecule has 0 radical (unpaired) electrons. The fourth-order valence-corrected chi connectivity index (χ4v) is 1.55. The molecule has 0 bridgehead atoms. The van der Waals surface area contributed by atoms with Crippen LogP contribution in [0.2, 0.25) is 0 Å². The van der Waals surface area contributed by atoms with Crippen LogP contribution in [0.1, 0.15) is 33.6 Å². The van der Waals surface area contributed by atoms with E-state index >= 15 is 0 Å². The Hall–Kier alpha value is -1.26. The number of esters is 1. The number of hydrogen-bond donors (Lipinski definition) is 1. The van der Waals surface area contributed by atoms with E-state index in [1.54, 1.807) is 0 Å². The number of ether oxygens (including phenoxy) is 1. The second-order valence-electron chi connectivity index (χ2n) is 4.71. The first-order valence-electron chi connectivity index (χ1n) is 5.01. The second-order valence-corrected chi connectivity index (χ2v) is 4.71. The van der Waals surface area contributed by atoms with Crippen molar-refractivity contribution in [1.82, 2.24) is 4.90 Å². The van der Waals surface area contributed by atoms with Crippen LogP contribution >= 0.6 is 0 Å². The Bertz CT molecular complexity index is 269. The fraction of sp³-hybridized carbons (Fsp3) is 0.800. The Kier molecular flexibility index (Phi) is 3.21. The van der Waals surface area contributed by atoms with Crippen molar-refractivity contribution in [3.63, 3.8) is 0 Å². The van der Waals surface area contributed by atoms with Gasteiger partial charge >= 0.3 is 12.1 Å². The smallest absolute Gasteiger partial charge is 0.407 e. The van der Waals surface area contributed by atoms with Crippen molar-refractivity contribution in [1.29, 1.82) is 0 Å². The van der Waals surface area contributed by atoms with E-state index in [0.717, 1.165) is 0 Å². The minimum atomic E-state index is -0.981. The van der Waals surface area contributed by atoms with E-state index in [9.17, 15) is 9.59 Å². The first-order valence-corrected chi connectivity index (χ1v) is 5.01. The van der Waals surface area contributed by atoms with Gasteiger partial charge in [-0.05, 0) is 27.2 Å². The van der Waals surface area contributed by atoms with Gasteiger partial charge in [-0.3, -0.25) is 9.69 Å². The van der Waals surface area contributed by atoms with Crippen LogP contribution in [-0.4, -0.2) is 40.3 Å². The highest BCUT2D eigenvalue weighted by Crippen LogP contribution is 2.20. The van der Waals surface area contributed by atoms with Crippen molar-refractivity contribution in [3.8, 4) is 0 Å². The molecule has 5 heteroatoms. The van der Waals surface area contributed by atoms with Crippen molar-refractivity contribution in [2.45, 2.75) is 45.3 Å². The molecule has 1 aliphatic rings. The van der Waals surface area contributed by atoms with Crippen molar-refractivity contribution < 1.29 is 19.4 Å². The first-order chi connectivity index (χ1) is 6.80. The van der Waals surface area contributed by atoms with E-state index in [4.69, 9.17) is 9.84 Å². The summed E-state index contributed by atoms with van der Waals surface area (Å²) in [5.41, 5.74) is -0.471. The van der Waals surface area contributed by atoms with Gasteiger partial charge in [-0.1, -0.05) is 0 Å². The summed E-state index contributed by atoms with van der Waals surface area (Å²) < 4.78 is 4.99. The molecule has 5 nitrogen and oxygen atoms in total. The highest BCUT2D eigenvalue weighted by molar-refractivity contribution is 5.71. The topological polar surface area (TPSA) is 66.8 Å². The van der Waals surface area contributed by atoms with E-state index in [1.165, 1.54) is 4.90 Å². The molecular formula is C10H17NO4. The zero-order chi connectivity index (χ0) is 11.6. The van der Waals surface area contributed by atoms with Crippen LogP contribution in [0, 0.1) is 0 Å². The molecule has 15 heavy (non-hydrogen) atoms. The Morgan fingerprint density at radius 2 is 2.20 bits per heavy atom. The zero-order valence-electron chi connectivity index (χ0n) is 9.32. The fourth-order valence-electron chi connectivity index (χ4n) is 1.55. The number of amides is 1. The van der Waals surface area contributed by atoms with E-state index in [1.807, 2.05) is 20.8 Å². The molecule has 1 saturated heterocycles. The molecule has 86 valence electrons. The Morgan fingerprint density at radius 1 is 1.60 bits per heavy atom. The monoisotopic (exact) mass is 215 g/mol. The molecule has 1 aliphatic heterocycles. The summed E-state index contributed by atoms with van der Waals surface area (Å²) in [6.07, 6.45) is -0.265. The largest absolute Gasteiger partial charge is 0.465 e. The standard InChI is InChI=1S/C10H17NO4/c1-10(2,3)11(9(13)14)6-7-4-5-8(12)15-7/h7H,4-6H2,1-3H3,(H,13,14)/t7-/m0/s1. The molecule has 0 aromatic heterocycles. The molecule has 0 aromatic rings. The van der Waals surface area contributed by atoms with E-state index in [0.29, 0.717) is 12.8 Å². The molecular weight excluding hydrogens is 198 g/mol. The summed E-state index contributed by atoms with van der Waals surface area (Å²) in [7, 11) is 0. The van der Waals surface area contributed by atoms with E-state index < -0.39 is 11.6 Å². The summed E-state index contributed by atoms with van der Waals surface area (Å²) in [5.74, 6) is -0.237. The van der Waals surface area contributed by atoms with Crippen molar-refractivity contribution in [3.05, 3.63) is 0 Å². The van der Waals surface area contributed by atoms with Gasteiger partial charge < -0.3 is 9.84 Å². The SMILES string of the molecule is CC(C)(C)N(C[C@@H]1CCC(=O)O1)C(=O)O. The number of carbonyl (C=O) groups excluding carboxylic acids is 1. The number of cyclic esters (lactones) is 1. The molecule has 0 spiro atoms.